The van der Waals surface area contributed by atoms with Gasteiger partial charge in [0.05, 0.1) is 11.7 Å². The van der Waals surface area contributed by atoms with Crippen molar-refractivity contribution >= 4 is 17.5 Å². The summed E-state index contributed by atoms with van der Waals surface area (Å²) in [6.45, 7) is 6.31. The summed E-state index contributed by atoms with van der Waals surface area (Å²) in [4.78, 5) is 14.1. The second kappa shape index (κ2) is 6.86. The van der Waals surface area contributed by atoms with Gasteiger partial charge in [-0.05, 0) is 24.1 Å². The van der Waals surface area contributed by atoms with Gasteiger partial charge in [-0.25, -0.2) is 4.39 Å². The van der Waals surface area contributed by atoms with Gasteiger partial charge in [-0.3, -0.25) is 4.79 Å². The number of carbonyl (C=O) groups excluding carboxylic acids is 1. The van der Waals surface area contributed by atoms with Crippen molar-refractivity contribution in [3.05, 3.63) is 41.6 Å². The van der Waals surface area contributed by atoms with E-state index in [9.17, 15) is 9.18 Å². The highest BCUT2D eigenvalue weighted by Gasteiger charge is 2.32. The summed E-state index contributed by atoms with van der Waals surface area (Å²) in [5.41, 5.74) is 2.23. The summed E-state index contributed by atoms with van der Waals surface area (Å²) in [7, 11) is 0. The molecule has 1 amide bonds. The van der Waals surface area contributed by atoms with Crippen LogP contribution in [0.4, 0.5) is 16.0 Å². The first kappa shape index (κ1) is 17.5. The third kappa shape index (κ3) is 3.83. The summed E-state index contributed by atoms with van der Waals surface area (Å²) in [5.74, 6) is 0.699. The first-order valence-electron chi connectivity index (χ1n) is 8.56. The number of nitrogens with zero attached hydrogens (tertiary/aromatic N) is 2. The van der Waals surface area contributed by atoms with Gasteiger partial charge in [0, 0.05) is 30.1 Å². The number of carbonyl (C=O) groups is 1. The highest BCUT2D eigenvalue weighted by molar-refractivity contribution is 5.96. The number of amides is 1. The van der Waals surface area contributed by atoms with Crippen LogP contribution in [0, 0.1) is 0 Å². The van der Waals surface area contributed by atoms with Gasteiger partial charge in [0.2, 0.25) is 11.8 Å². The quantitative estimate of drug-likeness (QED) is 0.888. The maximum atomic E-state index is 12.7. The highest BCUT2D eigenvalue weighted by atomic mass is 19.1. The molecule has 1 N–H and O–H groups in total. The first-order valence-corrected chi connectivity index (χ1v) is 8.56. The van der Waals surface area contributed by atoms with E-state index in [1.165, 1.54) is 0 Å². The monoisotopic (exact) mass is 345 g/mol. The molecule has 5 nitrogen and oxygen atoms in total. The van der Waals surface area contributed by atoms with Crippen molar-refractivity contribution in [3.8, 4) is 0 Å². The molecule has 0 saturated carbocycles. The van der Waals surface area contributed by atoms with Crippen LogP contribution < -0.4 is 10.2 Å². The zero-order chi connectivity index (χ0) is 18.0. The number of hydrogen-bond donors (Lipinski definition) is 1. The molecule has 134 valence electrons. The smallest absolute Gasteiger partial charge is 0.227 e. The Balaban J connectivity index is 1.68. The Bertz CT molecular complexity index is 734. The molecule has 3 rings (SSSR count). The second-order valence-electron chi connectivity index (χ2n) is 7.46. The van der Waals surface area contributed by atoms with E-state index < -0.39 is 6.67 Å². The second-order valence-corrected chi connectivity index (χ2v) is 7.46. The van der Waals surface area contributed by atoms with E-state index in [1.807, 2.05) is 6.07 Å². The van der Waals surface area contributed by atoms with Crippen molar-refractivity contribution in [1.82, 2.24) is 5.16 Å². The zero-order valence-corrected chi connectivity index (χ0v) is 14.9. The Morgan fingerprint density at radius 2 is 2.04 bits per heavy atom. The van der Waals surface area contributed by atoms with Gasteiger partial charge in [0.15, 0.2) is 0 Å². The number of nitrogens with one attached hydrogen (secondary N) is 1. The standard InChI is InChI=1S/C19H24FN3O2/c1-19(2,3)16-10-17(25-22-16)21-12-15-8-9-18(24)23(15)14-6-4-13(11-20)5-7-14/h4-7,10,15,21H,8-9,11-12H2,1-3H3. The number of alkyl halides is 1. The van der Waals surface area contributed by atoms with Crippen LogP contribution in [0.5, 0.6) is 0 Å². The van der Waals surface area contributed by atoms with E-state index in [0.29, 0.717) is 24.4 Å². The Hall–Kier alpha value is -2.37. The van der Waals surface area contributed by atoms with Gasteiger partial charge in [-0.1, -0.05) is 38.1 Å². The van der Waals surface area contributed by atoms with Crippen LogP contribution in [0.2, 0.25) is 0 Å². The van der Waals surface area contributed by atoms with Crippen molar-refractivity contribution in [3.63, 3.8) is 0 Å². The van der Waals surface area contributed by atoms with E-state index >= 15 is 0 Å². The molecule has 0 radical (unpaired) electrons. The summed E-state index contributed by atoms with van der Waals surface area (Å²) in [5, 5.41) is 7.33. The summed E-state index contributed by atoms with van der Waals surface area (Å²) in [6.07, 6.45) is 1.29. The lowest BCUT2D eigenvalue weighted by atomic mass is 9.92. The van der Waals surface area contributed by atoms with Crippen LogP contribution >= 0.6 is 0 Å². The van der Waals surface area contributed by atoms with Gasteiger partial charge in [0.1, 0.15) is 6.67 Å². The Morgan fingerprint density at radius 1 is 1.32 bits per heavy atom. The third-order valence-corrected chi connectivity index (χ3v) is 4.48. The molecule has 1 unspecified atom stereocenters. The molecular weight excluding hydrogens is 321 g/mol. The van der Waals surface area contributed by atoms with Crippen molar-refractivity contribution in [2.24, 2.45) is 0 Å². The molecule has 0 spiro atoms. The lowest BCUT2D eigenvalue weighted by Crippen LogP contribution is -2.37. The van der Waals surface area contributed by atoms with Crippen LogP contribution in [0.1, 0.15) is 44.9 Å². The Labute approximate surface area is 147 Å². The maximum Gasteiger partial charge on any atom is 0.227 e. The molecule has 1 aromatic carbocycles. The van der Waals surface area contributed by atoms with E-state index in [-0.39, 0.29) is 17.4 Å². The molecule has 1 fully saturated rings. The van der Waals surface area contributed by atoms with Crippen molar-refractivity contribution in [1.29, 1.82) is 0 Å². The molecule has 2 aromatic rings. The first-order chi connectivity index (χ1) is 11.9. The highest BCUT2D eigenvalue weighted by Crippen LogP contribution is 2.28. The van der Waals surface area contributed by atoms with Gasteiger partial charge < -0.3 is 14.7 Å². The number of halogens is 1. The minimum absolute atomic E-state index is 0.0342. The van der Waals surface area contributed by atoms with E-state index in [1.54, 1.807) is 29.2 Å². The number of benzene rings is 1. The van der Waals surface area contributed by atoms with E-state index in [0.717, 1.165) is 17.8 Å². The van der Waals surface area contributed by atoms with Crippen molar-refractivity contribution in [2.45, 2.75) is 51.7 Å². The average Bonchev–Trinajstić information content (AvgIpc) is 3.19. The molecule has 2 heterocycles. The predicted molar refractivity (Wildman–Crippen MR) is 95.5 cm³/mol. The molecular formula is C19H24FN3O2. The van der Waals surface area contributed by atoms with Crippen molar-refractivity contribution in [2.75, 3.05) is 16.8 Å². The Morgan fingerprint density at radius 3 is 2.64 bits per heavy atom. The molecule has 0 bridgehead atoms. The van der Waals surface area contributed by atoms with Gasteiger partial charge in [-0.15, -0.1) is 0 Å². The van der Waals surface area contributed by atoms with Gasteiger partial charge in [-0.2, -0.15) is 0 Å². The fourth-order valence-corrected chi connectivity index (χ4v) is 2.97. The lowest BCUT2D eigenvalue weighted by molar-refractivity contribution is -0.117. The molecule has 1 aliphatic heterocycles. The van der Waals surface area contributed by atoms with E-state index in [4.69, 9.17) is 4.52 Å². The summed E-state index contributed by atoms with van der Waals surface area (Å²) >= 11 is 0. The van der Waals surface area contributed by atoms with Crippen LogP contribution in [0.15, 0.2) is 34.9 Å². The zero-order valence-electron chi connectivity index (χ0n) is 14.9. The normalized spacial score (nSPS) is 18.0. The van der Waals surface area contributed by atoms with E-state index in [2.05, 4.69) is 31.2 Å². The maximum absolute atomic E-state index is 12.7. The van der Waals surface area contributed by atoms with Crippen LogP contribution in [0.25, 0.3) is 0 Å². The molecule has 1 saturated heterocycles. The molecule has 25 heavy (non-hydrogen) atoms. The van der Waals surface area contributed by atoms with Crippen LogP contribution in [-0.4, -0.2) is 23.7 Å². The lowest BCUT2D eigenvalue weighted by Gasteiger charge is -2.25. The topological polar surface area (TPSA) is 58.4 Å². The number of anilines is 2. The molecule has 6 heteroatoms. The molecule has 1 aliphatic rings. The number of aromatic nitrogens is 1. The predicted octanol–water partition coefficient (Wildman–Crippen LogP) is 4.05. The van der Waals surface area contributed by atoms with Gasteiger partial charge >= 0.3 is 0 Å². The molecule has 0 aliphatic carbocycles. The molecule has 1 atom stereocenters. The minimum atomic E-state index is -0.499. The fraction of sp³-hybridized carbons (Fsp3) is 0.474. The average molecular weight is 345 g/mol. The van der Waals surface area contributed by atoms with Gasteiger partial charge in [0.25, 0.3) is 0 Å². The largest absolute Gasteiger partial charge is 0.352 e. The third-order valence-electron chi connectivity index (χ3n) is 4.48. The minimum Gasteiger partial charge on any atom is -0.352 e. The molecule has 1 aromatic heterocycles. The Kier molecular flexibility index (Phi) is 4.79. The van der Waals surface area contributed by atoms with Crippen molar-refractivity contribution < 1.29 is 13.7 Å². The summed E-state index contributed by atoms with van der Waals surface area (Å²) < 4.78 is 18.0. The SMILES string of the molecule is CC(C)(C)c1cc(NCC2CCC(=O)N2c2ccc(CF)cc2)on1. The number of rotatable bonds is 5. The fourth-order valence-electron chi connectivity index (χ4n) is 2.97. The number of hydrogen-bond acceptors (Lipinski definition) is 4. The van der Waals surface area contributed by atoms with Crippen LogP contribution in [-0.2, 0) is 16.9 Å². The summed E-state index contributed by atoms with van der Waals surface area (Å²) in [6, 6.07) is 8.98. The van der Waals surface area contributed by atoms with Crippen LogP contribution in [0.3, 0.4) is 0 Å².